The van der Waals surface area contributed by atoms with E-state index in [1.807, 2.05) is 24.3 Å². The van der Waals surface area contributed by atoms with Gasteiger partial charge in [0.15, 0.2) is 5.58 Å². The Bertz CT molecular complexity index is 1480. The Morgan fingerprint density at radius 1 is 1.09 bits per heavy atom. The van der Waals surface area contributed by atoms with Crippen LogP contribution in [0.2, 0.25) is 0 Å². The van der Waals surface area contributed by atoms with E-state index in [1.165, 1.54) is 6.07 Å². The fourth-order valence-corrected chi connectivity index (χ4v) is 4.35. The highest BCUT2D eigenvalue weighted by Gasteiger charge is 2.27. The third kappa shape index (κ3) is 4.42. The van der Waals surface area contributed by atoms with Crippen LogP contribution in [0.4, 0.5) is 5.69 Å². The molecule has 2 N–H and O–H groups in total. The molecule has 1 aliphatic heterocycles. The molecule has 0 bridgehead atoms. The summed E-state index contributed by atoms with van der Waals surface area (Å²) < 4.78 is 17.0. The Labute approximate surface area is 200 Å². The Morgan fingerprint density at radius 2 is 1.86 bits per heavy atom. The van der Waals surface area contributed by atoms with Gasteiger partial charge in [0.1, 0.15) is 23.3 Å². The molecule has 35 heavy (non-hydrogen) atoms. The van der Waals surface area contributed by atoms with E-state index < -0.39 is 6.04 Å². The van der Waals surface area contributed by atoms with Crippen molar-refractivity contribution in [2.45, 2.75) is 32.2 Å². The summed E-state index contributed by atoms with van der Waals surface area (Å²) in [6.07, 6.45) is 0.997. The Balaban J connectivity index is 1.45. The second kappa shape index (κ2) is 9.13. The number of nitrogens with one attached hydrogen (secondary N) is 2. The number of hydrogen-bond acceptors (Lipinski definition) is 6. The van der Waals surface area contributed by atoms with E-state index in [9.17, 15) is 14.4 Å². The van der Waals surface area contributed by atoms with Crippen LogP contribution < -0.4 is 20.8 Å². The van der Waals surface area contributed by atoms with Crippen molar-refractivity contribution in [1.82, 2.24) is 5.32 Å². The number of methoxy groups -OCH3 is 1. The van der Waals surface area contributed by atoms with Crippen molar-refractivity contribution in [2.75, 3.05) is 12.4 Å². The molecule has 8 nitrogen and oxygen atoms in total. The summed E-state index contributed by atoms with van der Waals surface area (Å²) in [7, 11) is 1.57. The lowest BCUT2D eigenvalue weighted by molar-refractivity contribution is -0.126. The molecule has 0 spiro atoms. The molecule has 8 heteroatoms. The zero-order chi connectivity index (χ0) is 24.5. The zero-order valence-corrected chi connectivity index (χ0v) is 19.3. The van der Waals surface area contributed by atoms with E-state index in [4.69, 9.17) is 13.6 Å². The van der Waals surface area contributed by atoms with Crippen LogP contribution in [0.1, 0.15) is 23.3 Å². The summed E-state index contributed by atoms with van der Waals surface area (Å²) >= 11 is 0. The van der Waals surface area contributed by atoms with Crippen molar-refractivity contribution in [3.63, 3.8) is 0 Å². The molecule has 0 saturated heterocycles. The van der Waals surface area contributed by atoms with Gasteiger partial charge >= 0.3 is 0 Å². The zero-order valence-electron chi connectivity index (χ0n) is 19.3. The average molecular weight is 472 g/mol. The number of amides is 2. The van der Waals surface area contributed by atoms with Gasteiger partial charge in [-0.2, -0.15) is 0 Å². The van der Waals surface area contributed by atoms with E-state index in [0.717, 1.165) is 11.3 Å². The third-order valence-electron chi connectivity index (χ3n) is 6.10. The summed E-state index contributed by atoms with van der Waals surface area (Å²) in [6, 6.07) is 15.3. The molecule has 2 aromatic carbocycles. The number of fused-ring (bicyclic) bond motifs is 2. The van der Waals surface area contributed by atoms with Gasteiger partial charge in [0, 0.05) is 17.3 Å². The van der Waals surface area contributed by atoms with Crippen molar-refractivity contribution < 1.29 is 23.2 Å². The maximum atomic E-state index is 13.1. The molecule has 178 valence electrons. The quantitative estimate of drug-likeness (QED) is 0.455. The fourth-order valence-electron chi connectivity index (χ4n) is 4.35. The van der Waals surface area contributed by atoms with Gasteiger partial charge in [-0.15, -0.1) is 0 Å². The highest BCUT2D eigenvalue weighted by molar-refractivity contribution is 5.99. The predicted molar refractivity (Wildman–Crippen MR) is 131 cm³/mol. The summed E-state index contributed by atoms with van der Waals surface area (Å²) in [5.74, 6) is 0.791. The number of benzene rings is 2. The molecular weight excluding hydrogens is 448 g/mol. The summed E-state index contributed by atoms with van der Waals surface area (Å²) in [4.78, 5) is 38.4. The molecule has 0 aliphatic carbocycles. The van der Waals surface area contributed by atoms with Crippen LogP contribution in [-0.4, -0.2) is 25.0 Å². The summed E-state index contributed by atoms with van der Waals surface area (Å²) in [5, 5.41) is 5.73. The highest BCUT2D eigenvalue weighted by Crippen LogP contribution is 2.34. The summed E-state index contributed by atoms with van der Waals surface area (Å²) in [6.45, 7) is 1.66. The molecule has 3 heterocycles. The molecule has 4 aromatic rings. The second-order valence-corrected chi connectivity index (χ2v) is 8.50. The first-order valence-electron chi connectivity index (χ1n) is 11.3. The van der Waals surface area contributed by atoms with Gasteiger partial charge in [-0.3, -0.25) is 14.4 Å². The molecule has 1 aliphatic rings. The largest absolute Gasteiger partial charge is 0.497 e. The van der Waals surface area contributed by atoms with E-state index in [1.54, 1.807) is 38.3 Å². The lowest BCUT2D eigenvalue weighted by Crippen LogP contribution is -2.43. The minimum absolute atomic E-state index is 0.0480. The first-order valence-corrected chi connectivity index (χ1v) is 11.3. The normalized spacial score (nSPS) is 15.3. The van der Waals surface area contributed by atoms with Gasteiger partial charge in [0.2, 0.25) is 22.8 Å². The Kier molecular flexibility index (Phi) is 5.86. The molecule has 0 radical (unpaired) electrons. The Morgan fingerprint density at radius 3 is 2.63 bits per heavy atom. The number of hydrogen-bond donors (Lipinski definition) is 2. The van der Waals surface area contributed by atoms with E-state index in [-0.39, 0.29) is 34.8 Å². The molecule has 0 fully saturated rings. The van der Waals surface area contributed by atoms with E-state index >= 15 is 0 Å². The number of rotatable bonds is 5. The van der Waals surface area contributed by atoms with Crippen LogP contribution in [-0.2, 0) is 22.4 Å². The van der Waals surface area contributed by atoms with Crippen molar-refractivity contribution in [3.05, 3.63) is 81.7 Å². The standard InChI is InChI=1S/C27H24N2O6/c1-15-13-22(30)26-25(34-15)19(24(35-26)17-7-10-18(33-2)11-8-17)14-23(31)28-21-12-9-16-5-3-4-6-20(16)29-27(21)32/h3-8,10-11,13,21H,9,12,14H2,1-2H3,(H,28,31)(H,29,32). The van der Waals surface area contributed by atoms with E-state index in [2.05, 4.69) is 10.6 Å². The number of furan rings is 1. The number of para-hydroxylation sites is 1. The average Bonchev–Trinajstić information content (AvgIpc) is 3.12. The van der Waals surface area contributed by atoms with E-state index in [0.29, 0.717) is 41.2 Å². The number of carbonyl (C=O) groups is 2. The smallest absolute Gasteiger partial charge is 0.246 e. The first-order chi connectivity index (χ1) is 16.9. The van der Waals surface area contributed by atoms with Gasteiger partial charge in [0.05, 0.1) is 19.1 Å². The van der Waals surface area contributed by atoms with Gasteiger partial charge in [-0.1, -0.05) is 18.2 Å². The van der Waals surface area contributed by atoms with Gasteiger partial charge in [0.25, 0.3) is 0 Å². The molecule has 2 aromatic heterocycles. The van der Waals surface area contributed by atoms with Crippen molar-refractivity contribution >= 4 is 28.7 Å². The minimum Gasteiger partial charge on any atom is -0.497 e. The predicted octanol–water partition coefficient (Wildman–Crippen LogP) is 3.98. The van der Waals surface area contributed by atoms with Crippen molar-refractivity contribution in [1.29, 1.82) is 0 Å². The third-order valence-corrected chi connectivity index (χ3v) is 6.10. The lowest BCUT2D eigenvalue weighted by Gasteiger charge is -2.15. The molecule has 5 rings (SSSR count). The molecule has 2 amide bonds. The van der Waals surface area contributed by atoms with Crippen LogP contribution in [0.25, 0.3) is 22.5 Å². The van der Waals surface area contributed by atoms with Gasteiger partial charge in [-0.25, -0.2) is 0 Å². The maximum Gasteiger partial charge on any atom is 0.246 e. The van der Waals surface area contributed by atoms with Gasteiger partial charge in [-0.05, 0) is 55.7 Å². The second-order valence-electron chi connectivity index (χ2n) is 8.50. The fraction of sp³-hybridized carbons (Fsp3) is 0.222. The van der Waals surface area contributed by atoms with Crippen LogP contribution in [0.15, 0.2) is 68.2 Å². The van der Waals surface area contributed by atoms with Crippen molar-refractivity contribution in [3.8, 4) is 17.1 Å². The molecular formula is C27H24N2O6. The highest BCUT2D eigenvalue weighted by atomic mass is 16.5. The minimum atomic E-state index is -0.689. The molecule has 1 unspecified atom stereocenters. The number of anilines is 1. The first kappa shape index (κ1) is 22.5. The van der Waals surface area contributed by atoms with Crippen molar-refractivity contribution in [2.24, 2.45) is 0 Å². The Hall–Kier alpha value is -4.33. The molecule has 1 atom stereocenters. The number of ether oxygens (including phenoxy) is 1. The van der Waals surface area contributed by atoms with Crippen LogP contribution in [0.5, 0.6) is 5.75 Å². The van der Waals surface area contributed by atoms with Crippen LogP contribution in [0.3, 0.4) is 0 Å². The number of carbonyl (C=O) groups excluding carboxylic acids is 2. The SMILES string of the molecule is COc1ccc(-c2oc3c(=O)cc(C)oc3c2CC(=O)NC2CCc3ccccc3NC2=O)cc1. The van der Waals surface area contributed by atoms with Crippen LogP contribution >= 0.6 is 0 Å². The number of aryl methyl sites for hydroxylation is 2. The topological polar surface area (TPSA) is 111 Å². The summed E-state index contributed by atoms with van der Waals surface area (Å²) in [5.41, 5.74) is 2.85. The van der Waals surface area contributed by atoms with Crippen LogP contribution in [0, 0.1) is 6.92 Å². The van der Waals surface area contributed by atoms with Gasteiger partial charge < -0.3 is 24.2 Å². The monoisotopic (exact) mass is 472 g/mol. The maximum absolute atomic E-state index is 13.1. The lowest BCUT2D eigenvalue weighted by atomic mass is 10.0. The molecule has 0 saturated carbocycles.